The van der Waals surface area contributed by atoms with Crippen molar-refractivity contribution in [2.75, 3.05) is 6.67 Å². The minimum absolute atomic E-state index is 0.186. The van der Waals surface area contributed by atoms with Crippen LogP contribution in [0.2, 0.25) is 5.02 Å². The fourth-order valence-electron chi connectivity index (χ4n) is 4.91. The third-order valence-electron chi connectivity index (χ3n) is 6.80. The van der Waals surface area contributed by atoms with E-state index in [1.807, 2.05) is 16.9 Å². The van der Waals surface area contributed by atoms with Crippen molar-refractivity contribution in [1.82, 2.24) is 19.7 Å². The van der Waals surface area contributed by atoms with Crippen LogP contribution in [0.1, 0.15) is 48.8 Å². The van der Waals surface area contributed by atoms with Crippen LogP contribution < -0.4 is 10.5 Å². The van der Waals surface area contributed by atoms with Gasteiger partial charge in [-0.2, -0.15) is 13.9 Å². The van der Waals surface area contributed by atoms with Crippen LogP contribution in [-0.2, 0) is 0 Å². The van der Waals surface area contributed by atoms with E-state index in [1.165, 1.54) is 6.20 Å². The number of nitrogens with zero attached hydrogens (tertiary/aromatic N) is 3. The summed E-state index contributed by atoms with van der Waals surface area (Å²) in [5, 5.41) is 4.61. The Balaban J connectivity index is 1.53. The molecule has 1 saturated carbocycles. The fraction of sp³-hybridized carbons (Fsp3) is 0.360. The monoisotopic (exact) mass is 521 g/mol. The van der Waals surface area contributed by atoms with Gasteiger partial charge in [0.25, 0.3) is 0 Å². The zero-order valence-corrected chi connectivity index (χ0v) is 19.9. The number of aromatic amines is 1. The topological polar surface area (TPSA) is 81.8 Å². The number of hydrogen-bond acceptors (Lipinski definition) is 4. The minimum Gasteiger partial charge on any atom is -0.434 e. The summed E-state index contributed by atoms with van der Waals surface area (Å²) in [5.74, 6) is -2.41. The van der Waals surface area contributed by atoms with Crippen molar-refractivity contribution in [2.45, 2.75) is 50.3 Å². The molecule has 5 rings (SSSR count). The number of pyridine rings is 1. The fourth-order valence-corrected chi connectivity index (χ4v) is 5.20. The van der Waals surface area contributed by atoms with Gasteiger partial charge < -0.3 is 15.5 Å². The molecule has 3 N–H and O–H groups in total. The van der Waals surface area contributed by atoms with E-state index in [0.29, 0.717) is 16.6 Å². The van der Waals surface area contributed by atoms with Gasteiger partial charge in [0.1, 0.15) is 23.9 Å². The highest BCUT2D eigenvalue weighted by atomic mass is 35.5. The first-order chi connectivity index (χ1) is 17.4. The van der Waals surface area contributed by atoms with Crippen LogP contribution in [-0.4, -0.2) is 39.1 Å². The first kappa shape index (κ1) is 24.6. The van der Waals surface area contributed by atoms with E-state index in [4.69, 9.17) is 17.3 Å². The number of alkyl halides is 3. The van der Waals surface area contributed by atoms with E-state index in [1.54, 1.807) is 12.4 Å². The van der Waals surface area contributed by atoms with Crippen molar-refractivity contribution in [3.8, 4) is 16.9 Å². The lowest BCUT2D eigenvalue weighted by molar-refractivity contribution is -0.0506. The zero-order chi connectivity index (χ0) is 25.4. The lowest BCUT2D eigenvalue weighted by Crippen LogP contribution is -2.27. The van der Waals surface area contributed by atoms with Crippen molar-refractivity contribution in [3.05, 3.63) is 65.0 Å². The number of rotatable bonds is 7. The number of aromatic nitrogens is 4. The standard InChI is InChI=1S/C25H24ClF4N5O/c26-23-20(28)5-6-21(36-25(29)30)22(23)18(8-27)19-11-33-24-17(19)7-13(9-32-24)14-10-34-35(12-14)16-3-1-15(31)2-4-16/h5-7,9-12,15-16,18,25H,1-4,8,31H2,(H,32,33)/t15?,16?,18-/m1/s1. The quantitative estimate of drug-likeness (QED) is 0.277. The highest BCUT2D eigenvalue weighted by molar-refractivity contribution is 6.31. The maximum atomic E-state index is 14.4. The van der Waals surface area contributed by atoms with Crippen LogP contribution in [0.5, 0.6) is 5.75 Å². The number of benzene rings is 1. The number of hydrogen-bond donors (Lipinski definition) is 2. The maximum absolute atomic E-state index is 14.4. The van der Waals surface area contributed by atoms with E-state index in [0.717, 1.165) is 48.9 Å². The van der Waals surface area contributed by atoms with Gasteiger partial charge in [-0.1, -0.05) is 11.6 Å². The predicted molar refractivity (Wildman–Crippen MR) is 129 cm³/mol. The Labute approximate surface area is 209 Å². The van der Waals surface area contributed by atoms with E-state index in [2.05, 4.69) is 19.8 Å². The highest BCUT2D eigenvalue weighted by Crippen LogP contribution is 2.42. The number of nitrogens with one attached hydrogen (secondary N) is 1. The van der Waals surface area contributed by atoms with Crippen LogP contribution in [0, 0.1) is 5.82 Å². The number of fused-ring (bicyclic) bond motifs is 1. The van der Waals surface area contributed by atoms with Gasteiger partial charge in [-0.15, -0.1) is 0 Å². The highest BCUT2D eigenvalue weighted by Gasteiger charge is 2.28. The average molecular weight is 522 g/mol. The first-order valence-corrected chi connectivity index (χ1v) is 12.0. The van der Waals surface area contributed by atoms with E-state index in [-0.39, 0.29) is 23.4 Å². The molecule has 0 unspecified atom stereocenters. The summed E-state index contributed by atoms with van der Waals surface area (Å²) in [5.41, 5.74) is 8.25. The molecule has 1 aliphatic rings. The molecule has 36 heavy (non-hydrogen) atoms. The molecule has 1 atom stereocenters. The Hall–Kier alpha value is -3.11. The Morgan fingerprint density at radius 2 is 1.94 bits per heavy atom. The molecule has 4 aromatic rings. The lowest BCUT2D eigenvalue weighted by atomic mass is 9.91. The molecule has 1 aliphatic carbocycles. The summed E-state index contributed by atoms with van der Waals surface area (Å²) in [6.07, 6.45) is 10.7. The average Bonchev–Trinajstić information content (AvgIpc) is 3.51. The third kappa shape index (κ3) is 4.67. The SMILES string of the molecule is NC1CCC(n2cc(-c3cnc4[nH]cc([C@@H](CF)c5c(OC(F)F)ccc(F)c5Cl)c4c3)cn2)CC1. The number of H-pyrrole nitrogens is 1. The van der Waals surface area contributed by atoms with Gasteiger partial charge in [0, 0.05) is 52.6 Å². The third-order valence-corrected chi connectivity index (χ3v) is 7.18. The van der Waals surface area contributed by atoms with Crippen LogP contribution in [0.25, 0.3) is 22.2 Å². The van der Waals surface area contributed by atoms with Gasteiger partial charge in [-0.05, 0) is 49.4 Å². The van der Waals surface area contributed by atoms with E-state index >= 15 is 0 Å². The molecule has 1 aromatic carbocycles. The number of halogens is 5. The van der Waals surface area contributed by atoms with E-state index < -0.39 is 30.0 Å². The largest absolute Gasteiger partial charge is 0.434 e. The summed E-state index contributed by atoms with van der Waals surface area (Å²) in [6, 6.07) is 4.26. The van der Waals surface area contributed by atoms with Crippen LogP contribution in [0.3, 0.4) is 0 Å². The Bertz CT molecular complexity index is 1370. The molecule has 0 radical (unpaired) electrons. The summed E-state index contributed by atoms with van der Waals surface area (Å²) in [7, 11) is 0. The molecule has 3 aromatic heterocycles. The molecule has 0 bridgehead atoms. The molecule has 190 valence electrons. The molecule has 0 amide bonds. The summed E-state index contributed by atoms with van der Waals surface area (Å²) < 4.78 is 61.2. The predicted octanol–water partition coefficient (Wildman–Crippen LogP) is 6.36. The van der Waals surface area contributed by atoms with Gasteiger partial charge in [0.05, 0.1) is 17.3 Å². The summed E-state index contributed by atoms with van der Waals surface area (Å²) in [6.45, 7) is -4.21. The molecule has 11 heteroatoms. The zero-order valence-electron chi connectivity index (χ0n) is 19.1. The van der Waals surface area contributed by atoms with Gasteiger partial charge in [-0.3, -0.25) is 9.07 Å². The van der Waals surface area contributed by atoms with Crippen LogP contribution >= 0.6 is 11.6 Å². The van der Waals surface area contributed by atoms with Gasteiger partial charge in [0.15, 0.2) is 0 Å². The first-order valence-electron chi connectivity index (χ1n) is 11.6. The van der Waals surface area contributed by atoms with Crippen molar-refractivity contribution in [1.29, 1.82) is 0 Å². The lowest BCUT2D eigenvalue weighted by Gasteiger charge is -2.26. The molecule has 0 aliphatic heterocycles. The van der Waals surface area contributed by atoms with Crippen molar-refractivity contribution in [3.63, 3.8) is 0 Å². The second kappa shape index (κ2) is 10.1. The van der Waals surface area contributed by atoms with Crippen LogP contribution in [0.4, 0.5) is 17.6 Å². The molecular formula is C25H24ClF4N5O. The molecule has 0 saturated heterocycles. The molecule has 3 heterocycles. The van der Waals surface area contributed by atoms with E-state index in [9.17, 15) is 17.6 Å². The number of ether oxygens (including phenoxy) is 1. The van der Waals surface area contributed by atoms with Crippen molar-refractivity contribution in [2.24, 2.45) is 5.73 Å². The molecule has 1 fully saturated rings. The van der Waals surface area contributed by atoms with Crippen LogP contribution in [0.15, 0.2) is 43.0 Å². The molecule has 6 nitrogen and oxygen atoms in total. The molecule has 0 spiro atoms. The normalized spacial score (nSPS) is 19.2. The Kier molecular flexibility index (Phi) is 6.90. The smallest absolute Gasteiger partial charge is 0.387 e. The summed E-state index contributed by atoms with van der Waals surface area (Å²) >= 11 is 6.12. The summed E-state index contributed by atoms with van der Waals surface area (Å²) in [4.78, 5) is 7.41. The second-order valence-electron chi connectivity index (χ2n) is 9.00. The molecular weight excluding hydrogens is 498 g/mol. The van der Waals surface area contributed by atoms with Gasteiger partial charge >= 0.3 is 6.61 Å². The van der Waals surface area contributed by atoms with Crippen molar-refractivity contribution >= 4 is 22.6 Å². The van der Waals surface area contributed by atoms with Crippen molar-refractivity contribution < 1.29 is 22.3 Å². The van der Waals surface area contributed by atoms with Gasteiger partial charge in [0.2, 0.25) is 0 Å². The maximum Gasteiger partial charge on any atom is 0.387 e. The van der Waals surface area contributed by atoms with Gasteiger partial charge in [-0.25, -0.2) is 9.37 Å². The second-order valence-corrected chi connectivity index (χ2v) is 9.38. The number of nitrogens with two attached hydrogens (primary N) is 1. The minimum atomic E-state index is -3.18. The Morgan fingerprint density at radius 1 is 1.17 bits per heavy atom. The Morgan fingerprint density at radius 3 is 2.67 bits per heavy atom.